The summed E-state index contributed by atoms with van der Waals surface area (Å²) in [5, 5.41) is 13.7. The topological polar surface area (TPSA) is 83.5 Å². The van der Waals surface area contributed by atoms with Crippen LogP contribution in [0.25, 0.3) is 0 Å². The monoisotopic (exact) mass is 179 g/mol. The van der Waals surface area contributed by atoms with Crippen molar-refractivity contribution >= 4 is 17.5 Å². The highest BCUT2D eigenvalue weighted by atomic mass is 16.6. The lowest BCUT2D eigenvalue weighted by molar-refractivity contribution is -0.384. The molecule has 1 heterocycles. The second-order valence-corrected chi connectivity index (χ2v) is 2.39. The van der Waals surface area contributed by atoms with Gasteiger partial charge in [-0.1, -0.05) is 0 Å². The summed E-state index contributed by atoms with van der Waals surface area (Å²) in [5.41, 5.74) is 0.0972. The number of carbonyl (C=O) groups excluding carboxylic acids is 1. The normalized spacial score (nSPS) is 13.1. The largest absolute Gasteiger partial charge is 0.439 e. The van der Waals surface area contributed by atoms with E-state index in [1.165, 1.54) is 18.2 Å². The first-order valence-corrected chi connectivity index (χ1v) is 3.39. The molecule has 0 saturated heterocycles. The fourth-order valence-electron chi connectivity index (χ4n) is 1.01. The highest BCUT2D eigenvalue weighted by Crippen LogP contribution is 2.33. The first-order valence-electron chi connectivity index (χ1n) is 3.39. The molecule has 0 bridgehead atoms. The van der Waals surface area contributed by atoms with Crippen LogP contribution in [-0.4, -0.2) is 11.0 Å². The van der Waals surface area contributed by atoms with Crippen molar-refractivity contribution in [1.82, 2.24) is 5.32 Å². The van der Waals surface area contributed by atoms with Gasteiger partial charge < -0.3 is 4.74 Å². The number of ether oxygens (including phenoxy) is 1. The van der Waals surface area contributed by atoms with Crippen LogP contribution >= 0.6 is 0 Å². The van der Waals surface area contributed by atoms with Crippen LogP contribution in [0, 0.1) is 10.1 Å². The van der Waals surface area contributed by atoms with Crippen molar-refractivity contribution in [2.45, 2.75) is 0 Å². The Bertz CT molecular complexity index is 401. The van der Waals surface area contributed by atoms with E-state index in [2.05, 4.69) is 10.1 Å². The molecular formula is C7H3N2O4. The Morgan fingerprint density at radius 3 is 2.92 bits per heavy atom. The minimum Gasteiger partial charge on any atom is -0.406 e. The van der Waals surface area contributed by atoms with E-state index in [9.17, 15) is 14.9 Å². The average Bonchev–Trinajstić information content (AvgIpc) is 2.42. The van der Waals surface area contributed by atoms with Crippen LogP contribution in [0.5, 0.6) is 5.75 Å². The number of amides is 1. The zero-order valence-corrected chi connectivity index (χ0v) is 6.26. The molecule has 6 nitrogen and oxygen atoms in total. The van der Waals surface area contributed by atoms with Crippen molar-refractivity contribution in [2.24, 2.45) is 0 Å². The number of benzene rings is 1. The van der Waals surface area contributed by atoms with Crippen LogP contribution in [0.4, 0.5) is 16.2 Å². The quantitative estimate of drug-likeness (QED) is 0.481. The van der Waals surface area contributed by atoms with Gasteiger partial charge in [-0.2, -0.15) is 5.32 Å². The van der Waals surface area contributed by atoms with Crippen molar-refractivity contribution in [3.63, 3.8) is 0 Å². The number of rotatable bonds is 1. The molecule has 6 heteroatoms. The Labute approximate surface area is 72.3 Å². The lowest BCUT2D eigenvalue weighted by Gasteiger charge is -1.93. The van der Waals surface area contributed by atoms with Crippen LogP contribution in [0.2, 0.25) is 0 Å². The van der Waals surface area contributed by atoms with Gasteiger partial charge in [-0.05, 0) is 6.07 Å². The molecular weight excluding hydrogens is 176 g/mol. The third kappa shape index (κ3) is 1.18. The molecule has 0 spiro atoms. The highest BCUT2D eigenvalue weighted by Gasteiger charge is 2.23. The number of nitro groups is 1. The van der Waals surface area contributed by atoms with Gasteiger partial charge in [0.1, 0.15) is 5.69 Å². The standard InChI is InChI=1S/C7H3N2O4/c10-7-8-5-3-4(9(11)12)1-2-6(5)13-7/h1-3H. The van der Waals surface area contributed by atoms with E-state index in [1.807, 2.05) is 0 Å². The molecule has 0 N–H and O–H groups in total. The number of nitro benzene ring substituents is 1. The van der Waals surface area contributed by atoms with Crippen LogP contribution in [-0.2, 0) is 0 Å². The number of hydrogen-bond donors (Lipinski definition) is 0. The molecule has 65 valence electrons. The van der Waals surface area contributed by atoms with E-state index in [4.69, 9.17) is 0 Å². The molecule has 0 aromatic heterocycles. The lowest BCUT2D eigenvalue weighted by atomic mass is 10.2. The maximum atomic E-state index is 10.6. The van der Waals surface area contributed by atoms with E-state index >= 15 is 0 Å². The van der Waals surface area contributed by atoms with Gasteiger partial charge in [0.05, 0.1) is 4.92 Å². The summed E-state index contributed by atoms with van der Waals surface area (Å²) in [5.74, 6) is 0.260. The minimum atomic E-state index is -0.740. The summed E-state index contributed by atoms with van der Waals surface area (Å²) in [6.45, 7) is 0. The Kier molecular flexibility index (Phi) is 1.42. The Morgan fingerprint density at radius 2 is 2.23 bits per heavy atom. The Morgan fingerprint density at radius 1 is 1.46 bits per heavy atom. The first-order chi connectivity index (χ1) is 6.16. The fraction of sp³-hybridized carbons (Fsp3) is 0. The van der Waals surface area contributed by atoms with Crippen LogP contribution in [0.1, 0.15) is 0 Å². The van der Waals surface area contributed by atoms with Crippen molar-refractivity contribution < 1.29 is 14.5 Å². The molecule has 0 aliphatic carbocycles. The molecule has 1 amide bonds. The third-order valence-electron chi connectivity index (χ3n) is 1.56. The van der Waals surface area contributed by atoms with Gasteiger partial charge in [-0.3, -0.25) is 10.1 Å². The second-order valence-electron chi connectivity index (χ2n) is 2.39. The predicted molar refractivity (Wildman–Crippen MR) is 40.9 cm³/mol. The van der Waals surface area contributed by atoms with E-state index in [1.54, 1.807) is 0 Å². The van der Waals surface area contributed by atoms with E-state index < -0.39 is 11.0 Å². The van der Waals surface area contributed by atoms with Crippen LogP contribution < -0.4 is 10.1 Å². The maximum absolute atomic E-state index is 10.6. The smallest absolute Gasteiger partial charge is 0.406 e. The van der Waals surface area contributed by atoms with E-state index in [0.717, 1.165) is 0 Å². The van der Waals surface area contributed by atoms with Gasteiger partial charge in [-0.25, -0.2) is 4.79 Å². The number of fused-ring (bicyclic) bond motifs is 1. The lowest BCUT2D eigenvalue weighted by Crippen LogP contribution is -2.05. The summed E-state index contributed by atoms with van der Waals surface area (Å²) in [7, 11) is 0. The van der Waals surface area contributed by atoms with Crippen molar-refractivity contribution in [3.05, 3.63) is 28.3 Å². The zero-order valence-electron chi connectivity index (χ0n) is 6.26. The van der Waals surface area contributed by atoms with Crippen molar-refractivity contribution in [2.75, 3.05) is 0 Å². The molecule has 1 aliphatic heterocycles. The summed E-state index contributed by atoms with van der Waals surface area (Å²) in [6, 6.07) is 3.80. The van der Waals surface area contributed by atoms with Gasteiger partial charge in [0.15, 0.2) is 5.75 Å². The maximum Gasteiger partial charge on any atom is 0.439 e. The number of hydrogen-bond acceptors (Lipinski definition) is 4. The molecule has 0 fully saturated rings. The predicted octanol–water partition coefficient (Wildman–Crippen LogP) is 1.34. The van der Waals surface area contributed by atoms with Crippen molar-refractivity contribution in [3.8, 4) is 5.75 Å². The second kappa shape index (κ2) is 2.44. The molecule has 0 atom stereocenters. The van der Waals surface area contributed by atoms with E-state index in [-0.39, 0.29) is 17.1 Å². The summed E-state index contributed by atoms with van der Waals surface area (Å²) in [4.78, 5) is 20.4. The zero-order chi connectivity index (χ0) is 9.42. The fourth-order valence-corrected chi connectivity index (χ4v) is 1.01. The molecule has 13 heavy (non-hydrogen) atoms. The molecule has 0 unspecified atom stereocenters. The molecule has 1 aromatic carbocycles. The summed E-state index contributed by atoms with van der Waals surface area (Å²) < 4.78 is 4.61. The molecule has 0 saturated carbocycles. The number of non-ortho nitro benzene ring substituents is 1. The molecule has 2 rings (SSSR count). The van der Waals surface area contributed by atoms with E-state index in [0.29, 0.717) is 0 Å². The van der Waals surface area contributed by atoms with Gasteiger partial charge >= 0.3 is 6.09 Å². The molecule has 1 aromatic rings. The van der Waals surface area contributed by atoms with Gasteiger partial charge in [-0.15, -0.1) is 0 Å². The SMILES string of the molecule is O=C1[N]c2cc([N+](=O)[O-])ccc2O1. The molecule has 1 aliphatic rings. The van der Waals surface area contributed by atoms with Gasteiger partial charge in [0.25, 0.3) is 5.69 Å². The Balaban J connectivity index is 2.45. The Hall–Kier alpha value is -2.11. The summed E-state index contributed by atoms with van der Waals surface area (Å²) in [6.07, 6.45) is -0.740. The molecule has 1 radical (unpaired) electrons. The minimum absolute atomic E-state index is 0.110. The van der Waals surface area contributed by atoms with Gasteiger partial charge in [0, 0.05) is 12.1 Å². The third-order valence-corrected chi connectivity index (χ3v) is 1.56. The number of carbonyl (C=O) groups is 1. The van der Waals surface area contributed by atoms with Crippen molar-refractivity contribution in [1.29, 1.82) is 0 Å². The number of nitrogens with zero attached hydrogens (tertiary/aromatic N) is 2. The van der Waals surface area contributed by atoms with Crippen LogP contribution in [0.3, 0.4) is 0 Å². The first kappa shape index (κ1) is 7.53. The van der Waals surface area contributed by atoms with Gasteiger partial charge in [0.2, 0.25) is 0 Å². The highest BCUT2D eigenvalue weighted by molar-refractivity contribution is 5.85. The average molecular weight is 179 g/mol. The van der Waals surface area contributed by atoms with Crippen LogP contribution in [0.15, 0.2) is 18.2 Å². The summed E-state index contributed by atoms with van der Waals surface area (Å²) >= 11 is 0.